The number of nitrogens with zero attached hydrogens (tertiary/aromatic N) is 2. The molecular formula is C18H26Cl2N4O2S. The minimum absolute atomic E-state index is 0. The lowest BCUT2D eigenvalue weighted by Gasteiger charge is -2.26. The van der Waals surface area contributed by atoms with Crippen molar-refractivity contribution in [2.75, 3.05) is 45.9 Å². The second-order valence-electron chi connectivity index (χ2n) is 5.84. The van der Waals surface area contributed by atoms with Crippen LogP contribution in [0, 0.1) is 0 Å². The molecule has 27 heavy (non-hydrogen) atoms. The Hall–Kier alpha value is -1.38. The van der Waals surface area contributed by atoms with E-state index >= 15 is 0 Å². The van der Waals surface area contributed by atoms with Crippen molar-refractivity contribution < 1.29 is 9.53 Å². The van der Waals surface area contributed by atoms with E-state index in [2.05, 4.69) is 20.5 Å². The first-order chi connectivity index (χ1) is 12.3. The van der Waals surface area contributed by atoms with Crippen LogP contribution in [0.1, 0.15) is 17.4 Å². The molecule has 0 aliphatic carbocycles. The first-order valence-electron chi connectivity index (χ1n) is 8.66. The largest absolute Gasteiger partial charge is 0.494 e. The summed E-state index contributed by atoms with van der Waals surface area (Å²) in [5.74, 6) is 0.734. The van der Waals surface area contributed by atoms with E-state index in [-0.39, 0.29) is 30.7 Å². The zero-order valence-electron chi connectivity index (χ0n) is 15.3. The van der Waals surface area contributed by atoms with Gasteiger partial charge in [-0.15, -0.1) is 36.2 Å². The topological polar surface area (TPSA) is 66.5 Å². The summed E-state index contributed by atoms with van der Waals surface area (Å²) in [6, 6.07) is 7.78. The predicted octanol–water partition coefficient (Wildman–Crippen LogP) is 2.69. The number of hydrogen-bond donors (Lipinski definition) is 2. The average Bonchev–Trinajstić information content (AvgIpc) is 3.14. The molecule has 1 aliphatic rings. The summed E-state index contributed by atoms with van der Waals surface area (Å²) in [5, 5.41) is 8.94. The number of carbonyl (C=O) groups excluding carboxylic acids is 1. The van der Waals surface area contributed by atoms with E-state index in [0.29, 0.717) is 18.8 Å². The highest BCUT2D eigenvalue weighted by atomic mass is 35.5. The molecule has 0 atom stereocenters. The van der Waals surface area contributed by atoms with Crippen molar-refractivity contribution in [2.45, 2.75) is 6.92 Å². The molecule has 1 aromatic heterocycles. The lowest BCUT2D eigenvalue weighted by atomic mass is 10.2. The summed E-state index contributed by atoms with van der Waals surface area (Å²) < 4.78 is 5.45. The average molecular weight is 433 g/mol. The normalized spacial score (nSPS) is 14.0. The molecule has 1 aliphatic heterocycles. The van der Waals surface area contributed by atoms with Gasteiger partial charge in [-0.1, -0.05) is 0 Å². The second-order valence-corrected chi connectivity index (χ2v) is 6.70. The van der Waals surface area contributed by atoms with E-state index in [0.717, 1.165) is 49.0 Å². The van der Waals surface area contributed by atoms with Crippen LogP contribution in [0.4, 0.5) is 0 Å². The quantitative estimate of drug-likeness (QED) is 0.703. The minimum Gasteiger partial charge on any atom is -0.494 e. The van der Waals surface area contributed by atoms with Gasteiger partial charge in [0.1, 0.15) is 16.5 Å². The van der Waals surface area contributed by atoms with Gasteiger partial charge in [0.2, 0.25) is 0 Å². The van der Waals surface area contributed by atoms with Crippen molar-refractivity contribution in [1.82, 2.24) is 20.5 Å². The van der Waals surface area contributed by atoms with Gasteiger partial charge < -0.3 is 15.4 Å². The number of hydrogen-bond acceptors (Lipinski definition) is 6. The number of amides is 1. The van der Waals surface area contributed by atoms with Crippen LogP contribution in [0.25, 0.3) is 10.6 Å². The van der Waals surface area contributed by atoms with E-state index in [4.69, 9.17) is 4.74 Å². The monoisotopic (exact) mass is 432 g/mol. The summed E-state index contributed by atoms with van der Waals surface area (Å²) in [6.45, 7) is 8.24. The predicted molar refractivity (Wildman–Crippen MR) is 115 cm³/mol. The molecule has 0 spiro atoms. The molecule has 1 aromatic carbocycles. The fourth-order valence-corrected chi connectivity index (χ4v) is 3.53. The second kappa shape index (κ2) is 12.2. The Morgan fingerprint density at radius 3 is 2.63 bits per heavy atom. The summed E-state index contributed by atoms with van der Waals surface area (Å²) >= 11 is 1.48. The molecule has 3 rings (SSSR count). The third kappa shape index (κ3) is 6.93. The van der Waals surface area contributed by atoms with Gasteiger partial charge in [-0.25, -0.2) is 4.98 Å². The third-order valence-corrected chi connectivity index (χ3v) is 4.96. The van der Waals surface area contributed by atoms with Gasteiger partial charge in [-0.3, -0.25) is 9.69 Å². The molecule has 0 bridgehead atoms. The molecule has 0 unspecified atom stereocenters. The number of aromatic nitrogens is 1. The number of rotatable bonds is 7. The first kappa shape index (κ1) is 23.7. The van der Waals surface area contributed by atoms with E-state index < -0.39 is 0 Å². The Kier molecular flexibility index (Phi) is 10.6. The van der Waals surface area contributed by atoms with Crippen LogP contribution in [-0.4, -0.2) is 61.7 Å². The number of halogens is 2. The van der Waals surface area contributed by atoms with Crippen LogP contribution in [0.3, 0.4) is 0 Å². The smallest absolute Gasteiger partial charge is 0.270 e. The van der Waals surface area contributed by atoms with Gasteiger partial charge >= 0.3 is 0 Å². The number of carbonyl (C=O) groups is 1. The Morgan fingerprint density at radius 1 is 1.26 bits per heavy atom. The van der Waals surface area contributed by atoms with Gasteiger partial charge in [0.25, 0.3) is 5.91 Å². The van der Waals surface area contributed by atoms with Crippen LogP contribution in [0.5, 0.6) is 5.75 Å². The molecule has 1 fully saturated rings. The van der Waals surface area contributed by atoms with E-state index in [1.807, 2.05) is 36.6 Å². The van der Waals surface area contributed by atoms with Crippen LogP contribution in [0.2, 0.25) is 0 Å². The zero-order chi connectivity index (χ0) is 17.5. The summed E-state index contributed by atoms with van der Waals surface area (Å²) in [7, 11) is 0. The van der Waals surface area contributed by atoms with E-state index in [1.54, 1.807) is 0 Å². The Labute approximate surface area is 176 Å². The fourth-order valence-electron chi connectivity index (χ4n) is 2.72. The Morgan fingerprint density at radius 2 is 1.96 bits per heavy atom. The molecule has 9 heteroatoms. The standard InChI is InChI=1S/C18H24N4O2S.2ClH/c1-2-24-15-5-3-14(4-6-15)18-21-16(13-25-18)17(23)20-9-12-22-10-7-19-8-11-22;;/h3-6,13,19H,2,7-12H2,1H3,(H,20,23);2*1H. The number of ether oxygens (including phenoxy) is 1. The Bertz CT molecular complexity index is 691. The van der Waals surface area contributed by atoms with E-state index in [1.165, 1.54) is 11.3 Å². The lowest BCUT2D eigenvalue weighted by Crippen LogP contribution is -2.46. The van der Waals surface area contributed by atoms with Gasteiger partial charge in [-0.05, 0) is 31.2 Å². The van der Waals surface area contributed by atoms with Gasteiger partial charge in [0, 0.05) is 50.2 Å². The zero-order valence-corrected chi connectivity index (χ0v) is 17.7. The van der Waals surface area contributed by atoms with Crippen molar-refractivity contribution >= 4 is 42.1 Å². The van der Waals surface area contributed by atoms with E-state index in [9.17, 15) is 4.79 Å². The summed E-state index contributed by atoms with van der Waals surface area (Å²) in [5.41, 5.74) is 1.47. The highest BCUT2D eigenvalue weighted by molar-refractivity contribution is 7.13. The fraction of sp³-hybridized carbons (Fsp3) is 0.444. The first-order valence-corrected chi connectivity index (χ1v) is 9.54. The molecule has 6 nitrogen and oxygen atoms in total. The molecular weight excluding hydrogens is 407 g/mol. The van der Waals surface area contributed by atoms with Crippen molar-refractivity contribution in [1.29, 1.82) is 0 Å². The summed E-state index contributed by atoms with van der Waals surface area (Å²) in [6.07, 6.45) is 0. The molecule has 2 N–H and O–H groups in total. The van der Waals surface area contributed by atoms with Crippen molar-refractivity contribution in [3.63, 3.8) is 0 Å². The minimum atomic E-state index is -0.108. The van der Waals surface area contributed by atoms with Gasteiger partial charge in [-0.2, -0.15) is 0 Å². The highest BCUT2D eigenvalue weighted by Gasteiger charge is 2.13. The van der Waals surface area contributed by atoms with Crippen molar-refractivity contribution in [2.24, 2.45) is 0 Å². The third-order valence-electron chi connectivity index (χ3n) is 4.07. The number of benzene rings is 1. The van der Waals surface area contributed by atoms with Crippen LogP contribution in [-0.2, 0) is 0 Å². The molecule has 0 saturated carbocycles. The molecule has 1 amide bonds. The van der Waals surface area contributed by atoms with Gasteiger partial charge in [0.05, 0.1) is 6.61 Å². The lowest BCUT2D eigenvalue weighted by molar-refractivity contribution is 0.0943. The highest BCUT2D eigenvalue weighted by Crippen LogP contribution is 2.25. The van der Waals surface area contributed by atoms with Crippen LogP contribution >= 0.6 is 36.2 Å². The van der Waals surface area contributed by atoms with Crippen LogP contribution in [0.15, 0.2) is 29.6 Å². The maximum Gasteiger partial charge on any atom is 0.270 e. The molecule has 1 saturated heterocycles. The molecule has 2 heterocycles. The number of piperazine rings is 1. The maximum atomic E-state index is 12.3. The number of thiazole rings is 1. The molecule has 2 aromatic rings. The molecule has 0 radical (unpaired) electrons. The van der Waals surface area contributed by atoms with Gasteiger partial charge in [0.15, 0.2) is 0 Å². The Balaban J connectivity index is 0.00000182. The van der Waals surface area contributed by atoms with Crippen LogP contribution < -0.4 is 15.4 Å². The molecule has 150 valence electrons. The number of nitrogens with one attached hydrogen (secondary N) is 2. The summed E-state index contributed by atoms with van der Waals surface area (Å²) in [4.78, 5) is 19.1. The van der Waals surface area contributed by atoms with Crippen molar-refractivity contribution in [3.8, 4) is 16.3 Å². The maximum absolute atomic E-state index is 12.3. The van der Waals surface area contributed by atoms with Crippen molar-refractivity contribution in [3.05, 3.63) is 35.3 Å². The SMILES string of the molecule is CCOc1ccc(-c2nc(C(=O)NCCN3CCNCC3)cs2)cc1.Cl.Cl.